The lowest BCUT2D eigenvalue weighted by Crippen LogP contribution is -2.09. The number of benzene rings is 4. The summed E-state index contributed by atoms with van der Waals surface area (Å²) >= 11 is 0. The van der Waals surface area contributed by atoms with E-state index in [1.807, 2.05) is 74.5 Å². The predicted octanol–water partition coefficient (Wildman–Crippen LogP) is 5.73. The zero-order valence-corrected chi connectivity index (χ0v) is 23.2. The highest BCUT2D eigenvalue weighted by molar-refractivity contribution is 6.12. The number of aryl methyl sites for hydroxylation is 2. The van der Waals surface area contributed by atoms with Gasteiger partial charge in [0.15, 0.2) is 0 Å². The maximum absolute atomic E-state index is 11.9. The molecule has 0 bridgehead atoms. The molecule has 0 fully saturated rings. The van der Waals surface area contributed by atoms with Crippen LogP contribution in [0.2, 0.25) is 0 Å². The van der Waals surface area contributed by atoms with Crippen molar-refractivity contribution >= 4 is 17.7 Å². The third kappa shape index (κ3) is 6.80. The minimum Gasteiger partial charge on any atom is -0.489 e. The van der Waals surface area contributed by atoms with Crippen LogP contribution in [0.5, 0.6) is 5.75 Å². The van der Waals surface area contributed by atoms with E-state index in [-0.39, 0.29) is 17.7 Å². The molecule has 41 heavy (non-hydrogen) atoms. The van der Waals surface area contributed by atoms with Gasteiger partial charge in [0, 0.05) is 17.7 Å². The summed E-state index contributed by atoms with van der Waals surface area (Å²) in [4.78, 5) is 28.4. The Balaban J connectivity index is 1.59. The number of carboxylic acid groups (broad SMARTS) is 2. The van der Waals surface area contributed by atoms with Crippen LogP contribution in [-0.4, -0.2) is 35.0 Å². The lowest BCUT2D eigenvalue weighted by Gasteiger charge is -2.17. The first-order valence-electron chi connectivity index (χ1n) is 13.0. The number of oxime groups is 1. The lowest BCUT2D eigenvalue weighted by molar-refractivity contribution is 0.0695. The molecule has 0 amide bonds. The molecule has 0 spiro atoms. The molecule has 0 aromatic heterocycles. The van der Waals surface area contributed by atoms with Crippen molar-refractivity contribution in [3.8, 4) is 5.75 Å². The summed E-state index contributed by atoms with van der Waals surface area (Å²) in [5.41, 5.74) is 13.4. The second-order valence-corrected chi connectivity index (χ2v) is 9.67. The monoisotopic (exact) mass is 552 g/mol. The van der Waals surface area contributed by atoms with E-state index in [4.69, 9.17) is 15.3 Å². The van der Waals surface area contributed by atoms with Crippen LogP contribution < -0.4 is 10.5 Å². The largest absolute Gasteiger partial charge is 0.489 e. The smallest absolute Gasteiger partial charge is 0.336 e. The Morgan fingerprint density at radius 3 is 2.22 bits per heavy atom. The molecule has 0 aliphatic rings. The Hall–Kier alpha value is -4.95. The third-order valence-electron chi connectivity index (χ3n) is 6.91. The van der Waals surface area contributed by atoms with Gasteiger partial charge in [-0.15, -0.1) is 0 Å². The van der Waals surface area contributed by atoms with Crippen molar-refractivity contribution < 1.29 is 29.4 Å². The molecule has 8 heteroatoms. The Labute approximate surface area is 238 Å². The average molecular weight is 553 g/mol. The average Bonchev–Trinajstić information content (AvgIpc) is 2.96. The minimum atomic E-state index is -1.17. The van der Waals surface area contributed by atoms with Crippen molar-refractivity contribution in [1.82, 2.24) is 0 Å². The molecule has 4 rings (SSSR count). The number of carbonyl (C=O) groups is 2. The Morgan fingerprint density at radius 2 is 1.54 bits per heavy atom. The van der Waals surface area contributed by atoms with E-state index in [1.54, 1.807) is 6.07 Å². The minimum absolute atomic E-state index is 0.0322. The molecule has 0 saturated carbocycles. The SMILES string of the molecule is CON=C(c1cccc(CN)c1)c1ccc(OCc2c(C)cccc2Cc2ccc(C(=O)O)cc2C(=O)O)c(C)c1. The topological polar surface area (TPSA) is 131 Å². The summed E-state index contributed by atoms with van der Waals surface area (Å²) in [5.74, 6) is -1.64. The highest BCUT2D eigenvalue weighted by atomic mass is 16.6. The standard InChI is InChI=1S/C33H32N2O6/c1-20-6-4-8-23(16-24-10-11-27(32(36)37)17-28(24)33(38)39)29(20)19-41-30-13-12-26(14-21(30)2)31(35-40-3)25-9-5-7-22(15-25)18-34/h4-15,17H,16,18-19,34H2,1-3H3,(H,36,37)(H,38,39). The Morgan fingerprint density at radius 1 is 0.805 bits per heavy atom. The highest BCUT2D eigenvalue weighted by Gasteiger charge is 2.17. The summed E-state index contributed by atoms with van der Waals surface area (Å²) in [7, 11) is 1.51. The normalized spacial score (nSPS) is 11.3. The highest BCUT2D eigenvalue weighted by Crippen LogP contribution is 2.26. The molecule has 0 atom stereocenters. The van der Waals surface area contributed by atoms with Crippen LogP contribution in [0.15, 0.2) is 84.0 Å². The fourth-order valence-electron chi connectivity index (χ4n) is 4.72. The van der Waals surface area contributed by atoms with Gasteiger partial charge in [-0.1, -0.05) is 47.6 Å². The van der Waals surface area contributed by atoms with Gasteiger partial charge in [0.05, 0.1) is 11.1 Å². The van der Waals surface area contributed by atoms with E-state index in [9.17, 15) is 19.8 Å². The van der Waals surface area contributed by atoms with Gasteiger partial charge in [-0.2, -0.15) is 0 Å². The summed E-state index contributed by atoms with van der Waals surface area (Å²) in [6.07, 6.45) is 0.318. The number of ether oxygens (including phenoxy) is 1. The molecule has 210 valence electrons. The molecule has 0 aliphatic heterocycles. The van der Waals surface area contributed by atoms with Crippen LogP contribution in [0.4, 0.5) is 0 Å². The fraction of sp³-hybridized carbons (Fsp3) is 0.182. The molecule has 0 radical (unpaired) electrons. The van der Waals surface area contributed by atoms with Crippen LogP contribution in [0.25, 0.3) is 0 Å². The molecule has 0 saturated heterocycles. The van der Waals surface area contributed by atoms with Crippen LogP contribution >= 0.6 is 0 Å². The summed E-state index contributed by atoms with van der Waals surface area (Å²) in [5, 5.41) is 23.3. The zero-order chi connectivity index (χ0) is 29.5. The van der Waals surface area contributed by atoms with E-state index < -0.39 is 11.9 Å². The van der Waals surface area contributed by atoms with E-state index in [0.29, 0.717) is 30.0 Å². The predicted molar refractivity (Wildman–Crippen MR) is 157 cm³/mol. The molecule has 8 nitrogen and oxygen atoms in total. The van der Waals surface area contributed by atoms with E-state index in [2.05, 4.69) is 5.16 Å². The number of rotatable bonds is 11. The van der Waals surface area contributed by atoms with Gasteiger partial charge >= 0.3 is 11.9 Å². The van der Waals surface area contributed by atoms with Crippen molar-refractivity contribution in [2.75, 3.05) is 7.11 Å². The summed E-state index contributed by atoms with van der Waals surface area (Å²) in [6, 6.07) is 23.7. The quantitative estimate of drug-likeness (QED) is 0.160. The molecular weight excluding hydrogens is 520 g/mol. The summed E-state index contributed by atoms with van der Waals surface area (Å²) in [6.45, 7) is 4.63. The van der Waals surface area contributed by atoms with Crippen LogP contribution in [0.3, 0.4) is 0 Å². The molecule has 4 aromatic carbocycles. The van der Waals surface area contributed by atoms with Crippen molar-refractivity contribution in [3.63, 3.8) is 0 Å². The van der Waals surface area contributed by atoms with Gasteiger partial charge in [0.2, 0.25) is 0 Å². The number of nitrogens with two attached hydrogens (primary N) is 1. The number of hydrogen-bond donors (Lipinski definition) is 3. The maximum atomic E-state index is 11.9. The van der Waals surface area contributed by atoms with Crippen molar-refractivity contribution in [2.45, 2.75) is 33.4 Å². The second-order valence-electron chi connectivity index (χ2n) is 9.67. The first kappa shape index (κ1) is 29.0. The third-order valence-corrected chi connectivity index (χ3v) is 6.91. The van der Waals surface area contributed by atoms with Gasteiger partial charge in [-0.3, -0.25) is 0 Å². The van der Waals surface area contributed by atoms with Gasteiger partial charge in [-0.05, 0) is 90.0 Å². The number of aromatic carboxylic acids is 2. The summed E-state index contributed by atoms with van der Waals surface area (Å²) < 4.78 is 6.27. The molecule has 4 aromatic rings. The first-order valence-corrected chi connectivity index (χ1v) is 13.0. The zero-order valence-electron chi connectivity index (χ0n) is 23.2. The van der Waals surface area contributed by atoms with E-state index >= 15 is 0 Å². The number of carboxylic acids is 2. The molecule has 4 N–H and O–H groups in total. The lowest BCUT2D eigenvalue weighted by atomic mass is 9.93. The van der Waals surface area contributed by atoms with Crippen LogP contribution in [0.1, 0.15) is 65.2 Å². The van der Waals surface area contributed by atoms with Crippen LogP contribution in [-0.2, 0) is 24.4 Å². The van der Waals surface area contributed by atoms with Gasteiger partial charge < -0.3 is 25.5 Å². The molecular formula is C33H32N2O6. The number of hydrogen-bond acceptors (Lipinski definition) is 6. The van der Waals surface area contributed by atoms with Crippen molar-refractivity contribution in [1.29, 1.82) is 0 Å². The van der Waals surface area contributed by atoms with Crippen LogP contribution in [0, 0.1) is 13.8 Å². The molecule has 0 aliphatic carbocycles. The fourth-order valence-corrected chi connectivity index (χ4v) is 4.72. The Kier molecular flexibility index (Phi) is 9.16. The second kappa shape index (κ2) is 12.9. The van der Waals surface area contributed by atoms with Crippen molar-refractivity contribution in [2.24, 2.45) is 10.9 Å². The van der Waals surface area contributed by atoms with Gasteiger partial charge in [-0.25, -0.2) is 9.59 Å². The molecule has 0 unspecified atom stereocenters. The molecule has 0 heterocycles. The van der Waals surface area contributed by atoms with Crippen molar-refractivity contribution in [3.05, 3.63) is 134 Å². The van der Waals surface area contributed by atoms with E-state index in [1.165, 1.54) is 19.2 Å². The maximum Gasteiger partial charge on any atom is 0.336 e. The van der Waals surface area contributed by atoms with E-state index in [0.717, 1.165) is 38.9 Å². The first-order chi connectivity index (χ1) is 19.7. The Bertz CT molecular complexity index is 1630. The van der Waals surface area contributed by atoms with Gasteiger partial charge in [0.1, 0.15) is 25.2 Å². The van der Waals surface area contributed by atoms with Gasteiger partial charge in [0.25, 0.3) is 0 Å². The number of nitrogens with zero attached hydrogens (tertiary/aromatic N) is 1.